The fourth-order valence-corrected chi connectivity index (χ4v) is 4.43. The van der Waals surface area contributed by atoms with E-state index < -0.39 is 11.5 Å². The van der Waals surface area contributed by atoms with Crippen LogP contribution in [0.25, 0.3) is 11.3 Å². The maximum absolute atomic E-state index is 12.8. The van der Waals surface area contributed by atoms with Crippen molar-refractivity contribution < 1.29 is 28.3 Å². The molecule has 3 heterocycles. The molecule has 0 unspecified atom stereocenters. The van der Waals surface area contributed by atoms with Crippen LogP contribution in [0.15, 0.2) is 28.8 Å². The Morgan fingerprint density at radius 3 is 2.68 bits per heavy atom. The molecule has 1 aliphatic rings. The molecule has 0 radical (unpaired) electrons. The van der Waals surface area contributed by atoms with Gasteiger partial charge in [-0.25, -0.2) is 9.78 Å². The fourth-order valence-electron chi connectivity index (χ4n) is 3.41. The molecule has 0 bridgehead atoms. The lowest BCUT2D eigenvalue weighted by atomic mass is 10.1. The van der Waals surface area contributed by atoms with Crippen LogP contribution in [-0.2, 0) is 17.7 Å². The number of anilines is 1. The third-order valence-corrected chi connectivity index (χ3v) is 6.02. The zero-order valence-electron chi connectivity index (χ0n) is 19.6. The lowest BCUT2D eigenvalue weighted by Gasteiger charge is -2.29. The standard InChI is InChI=1S/C23H26N4O6S/c1-23(2,3)32-22(29)27-9-8-15-19(12-27)34-21(24-15)25-20(28)16-11-18(33-26-16)14-10-13(30-4)6-7-17(14)31-5/h6-7,10-11H,8-9,12H2,1-5H3,(H,24,25,28). The van der Waals surface area contributed by atoms with Crippen LogP contribution in [0.5, 0.6) is 11.5 Å². The molecule has 1 aromatic carbocycles. The molecular weight excluding hydrogens is 460 g/mol. The maximum atomic E-state index is 12.8. The highest BCUT2D eigenvalue weighted by Gasteiger charge is 2.28. The number of amides is 2. The molecule has 1 N–H and O–H groups in total. The van der Waals surface area contributed by atoms with Crippen molar-refractivity contribution in [2.45, 2.75) is 39.3 Å². The van der Waals surface area contributed by atoms with E-state index in [2.05, 4.69) is 15.5 Å². The third kappa shape index (κ3) is 5.14. The molecule has 10 nitrogen and oxygen atoms in total. The number of methoxy groups -OCH3 is 2. The summed E-state index contributed by atoms with van der Waals surface area (Å²) < 4.78 is 21.5. The third-order valence-electron chi connectivity index (χ3n) is 5.02. The average Bonchev–Trinajstić information content (AvgIpc) is 3.43. The van der Waals surface area contributed by atoms with Gasteiger partial charge in [-0.05, 0) is 39.0 Å². The summed E-state index contributed by atoms with van der Waals surface area (Å²) in [6.45, 7) is 6.40. The van der Waals surface area contributed by atoms with E-state index in [-0.39, 0.29) is 11.8 Å². The summed E-state index contributed by atoms with van der Waals surface area (Å²) in [5, 5.41) is 7.10. The first kappa shape index (κ1) is 23.6. The lowest BCUT2D eigenvalue weighted by molar-refractivity contribution is 0.0225. The van der Waals surface area contributed by atoms with Gasteiger partial charge in [0.25, 0.3) is 5.91 Å². The van der Waals surface area contributed by atoms with E-state index >= 15 is 0 Å². The Hall–Kier alpha value is -3.60. The maximum Gasteiger partial charge on any atom is 0.410 e. The van der Waals surface area contributed by atoms with Gasteiger partial charge in [-0.3, -0.25) is 10.1 Å². The minimum absolute atomic E-state index is 0.100. The summed E-state index contributed by atoms with van der Waals surface area (Å²) in [5.74, 6) is 1.09. The molecule has 0 saturated carbocycles. The van der Waals surface area contributed by atoms with Crippen molar-refractivity contribution in [1.82, 2.24) is 15.0 Å². The molecule has 0 spiro atoms. The highest BCUT2D eigenvalue weighted by atomic mass is 32.1. The number of benzene rings is 1. The summed E-state index contributed by atoms with van der Waals surface area (Å²) in [6, 6.07) is 6.79. The molecule has 1 aliphatic heterocycles. The van der Waals surface area contributed by atoms with Gasteiger partial charge in [-0.15, -0.1) is 0 Å². The van der Waals surface area contributed by atoms with E-state index in [4.69, 9.17) is 18.7 Å². The van der Waals surface area contributed by atoms with E-state index in [1.165, 1.54) is 17.4 Å². The number of rotatable bonds is 5. The van der Waals surface area contributed by atoms with Crippen molar-refractivity contribution in [2.24, 2.45) is 0 Å². The van der Waals surface area contributed by atoms with Crippen LogP contribution in [0.4, 0.5) is 9.93 Å². The number of hydrogen-bond donors (Lipinski definition) is 1. The first-order chi connectivity index (χ1) is 16.2. The van der Waals surface area contributed by atoms with Crippen molar-refractivity contribution in [3.05, 3.63) is 40.5 Å². The van der Waals surface area contributed by atoms with Crippen molar-refractivity contribution in [3.8, 4) is 22.8 Å². The number of carbonyl (C=O) groups is 2. The summed E-state index contributed by atoms with van der Waals surface area (Å²) in [7, 11) is 3.11. The monoisotopic (exact) mass is 486 g/mol. The predicted molar refractivity (Wildman–Crippen MR) is 125 cm³/mol. The molecule has 2 amide bonds. The molecule has 180 valence electrons. The number of fused-ring (bicyclic) bond motifs is 1. The van der Waals surface area contributed by atoms with Gasteiger partial charge in [0, 0.05) is 23.9 Å². The van der Waals surface area contributed by atoms with Crippen LogP contribution in [-0.4, -0.2) is 53.4 Å². The lowest BCUT2D eigenvalue weighted by Crippen LogP contribution is -2.39. The fraction of sp³-hybridized carbons (Fsp3) is 0.391. The summed E-state index contributed by atoms with van der Waals surface area (Å²) in [5.41, 5.74) is 1.01. The van der Waals surface area contributed by atoms with Gasteiger partial charge in [-0.1, -0.05) is 16.5 Å². The van der Waals surface area contributed by atoms with E-state index in [9.17, 15) is 9.59 Å². The van der Waals surface area contributed by atoms with Gasteiger partial charge < -0.3 is 23.6 Å². The zero-order valence-corrected chi connectivity index (χ0v) is 20.4. The first-order valence-corrected chi connectivity index (χ1v) is 11.5. The molecule has 3 aromatic rings. The van der Waals surface area contributed by atoms with Crippen molar-refractivity contribution >= 4 is 28.5 Å². The molecule has 34 heavy (non-hydrogen) atoms. The van der Waals surface area contributed by atoms with E-state index in [0.717, 1.165) is 10.6 Å². The SMILES string of the molecule is COc1ccc(OC)c(-c2cc(C(=O)Nc3nc4c(s3)CN(C(=O)OC(C)(C)C)CC4)no2)c1. The second kappa shape index (κ2) is 9.34. The van der Waals surface area contributed by atoms with Gasteiger partial charge in [0.1, 0.15) is 17.1 Å². The number of carbonyl (C=O) groups excluding carboxylic acids is 2. The Morgan fingerprint density at radius 2 is 1.97 bits per heavy atom. The molecule has 0 atom stereocenters. The first-order valence-electron chi connectivity index (χ1n) is 10.6. The topological polar surface area (TPSA) is 116 Å². The van der Waals surface area contributed by atoms with E-state index in [1.807, 2.05) is 20.8 Å². The average molecular weight is 487 g/mol. The molecule has 4 rings (SSSR count). The van der Waals surface area contributed by atoms with Gasteiger partial charge in [0.05, 0.1) is 32.0 Å². The largest absolute Gasteiger partial charge is 0.497 e. The number of ether oxygens (including phenoxy) is 3. The number of nitrogens with one attached hydrogen (secondary N) is 1. The van der Waals surface area contributed by atoms with Crippen molar-refractivity contribution in [2.75, 3.05) is 26.1 Å². The van der Waals surface area contributed by atoms with Crippen LogP contribution in [0.3, 0.4) is 0 Å². The van der Waals surface area contributed by atoms with E-state index in [0.29, 0.717) is 47.5 Å². The zero-order chi connectivity index (χ0) is 24.5. The smallest absolute Gasteiger partial charge is 0.410 e. The highest BCUT2D eigenvalue weighted by Crippen LogP contribution is 2.34. The van der Waals surface area contributed by atoms with Crippen LogP contribution >= 0.6 is 11.3 Å². The molecular formula is C23H26N4O6S. The molecule has 11 heteroatoms. The Kier molecular flexibility index (Phi) is 6.47. The van der Waals surface area contributed by atoms with Crippen LogP contribution in [0.2, 0.25) is 0 Å². The number of nitrogens with zero attached hydrogens (tertiary/aromatic N) is 3. The van der Waals surface area contributed by atoms with Gasteiger partial charge >= 0.3 is 6.09 Å². The molecule has 0 aliphatic carbocycles. The molecule has 0 fully saturated rings. The normalized spacial score (nSPS) is 13.3. The van der Waals surface area contributed by atoms with Crippen LogP contribution in [0, 0.1) is 0 Å². The number of thiazole rings is 1. The van der Waals surface area contributed by atoms with Crippen LogP contribution in [0.1, 0.15) is 41.8 Å². The Labute approximate surface area is 200 Å². The van der Waals surface area contributed by atoms with Gasteiger partial charge in [0.15, 0.2) is 16.6 Å². The van der Waals surface area contributed by atoms with Crippen molar-refractivity contribution in [3.63, 3.8) is 0 Å². The second-order valence-corrected chi connectivity index (χ2v) is 9.72. The summed E-state index contributed by atoms with van der Waals surface area (Å²) in [6.07, 6.45) is 0.227. The summed E-state index contributed by atoms with van der Waals surface area (Å²) >= 11 is 1.32. The quantitative estimate of drug-likeness (QED) is 0.565. The van der Waals surface area contributed by atoms with Gasteiger partial charge in [0.2, 0.25) is 0 Å². The molecule has 0 saturated heterocycles. The van der Waals surface area contributed by atoms with Crippen LogP contribution < -0.4 is 14.8 Å². The minimum atomic E-state index is -0.560. The number of hydrogen-bond acceptors (Lipinski definition) is 9. The predicted octanol–water partition coefficient (Wildman–Crippen LogP) is 4.36. The Balaban J connectivity index is 1.46. The Morgan fingerprint density at radius 1 is 1.18 bits per heavy atom. The molecule has 2 aromatic heterocycles. The highest BCUT2D eigenvalue weighted by molar-refractivity contribution is 7.15. The minimum Gasteiger partial charge on any atom is -0.497 e. The van der Waals surface area contributed by atoms with E-state index in [1.54, 1.807) is 37.3 Å². The van der Waals surface area contributed by atoms with Crippen molar-refractivity contribution in [1.29, 1.82) is 0 Å². The number of aromatic nitrogens is 2. The summed E-state index contributed by atoms with van der Waals surface area (Å²) in [4.78, 5) is 32.2. The second-order valence-electron chi connectivity index (χ2n) is 8.64. The Bertz CT molecular complexity index is 1210. The van der Waals surface area contributed by atoms with Gasteiger partial charge in [-0.2, -0.15) is 0 Å².